The fraction of sp³-hybridized carbons (Fsp3) is 0.583. The average molecular weight is 1480 g/mol. The minimum Gasteiger partial charge on any atom is -0.480 e. The lowest BCUT2D eigenvalue weighted by atomic mass is 9.94. The fourth-order valence-corrected chi connectivity index (χ4v) is 11.5. The number of aromatic nitrogens is 3. The lowest BCUT2D eigenvalue weighted by Crippen LogP contribution is -2.62. The van der Waals surface area contributed by atoms with Gasteiger partial charge in [0.1, 0.15) is 66.5 Å². The Morgan fingerprint density at radius 3 is 1.42 bits per heavy atom. The van der Waals surface area contributed by atoms with Crippen LogP contribution in [0.3, 0.4) is 0 Å². The van der Waals surface area contributed by atoms with Crippen LogP contribution in [0, 0.1) is 17.8 Å². The number of aliphatic imine (C=N–C) groups is 1. The fourth-order valence-electron chi connectivity index (χ4n) is 11.5. The molecule has 586 valence electrons. The Morgan fingerprint density at radius 2 is 0.896 bits per heavy atom. The van der Waals surface area contributed by atoms with E-state index < -0.39 is 167 Å². The number of aliphatic hydroxyl groups excluding tert-OH is 1. The summed E-state index contributed by atoms with van der Waals surface area (Å²) in [6.07, 6.45) is 5.73. The van der Waals surface area contributed by atoms with Gasteiger partial charge in [-0.15, -0.1) is 0 Å². The van der Waals surface area contributed by atoms with E-state index in [2.05, 4.69) is 78.4 Å². The molecule has 0 aliphatic rings. The Morgan fingerprint density at radius 1 is 0.472 bits per heavy atom. The summed E-state index contributed by atoms with van der Waals surface area (Å²) in [6.45, 7) is 15.0. The minimum absolute atomic E-state index is 0.0181. The van der Waals surface area contributed by atoms with Crippen molar-refractivity contribution < 1.29 is 67.7 Å². The van der Waals surface area contributed by atoms with E-state index >= 15 is 0 Å². The number of imidazole rings is 1. The first-order chi connectivity index (χ1) is 50.4. The number of aliphatic carboxylic acids is 1. The van der Waals surface area contributed by atoms with Crippen LogP contribution in [0.2, 0.25) is 0 Å². The number of unbranched alkanes of at least 4 members (excludes halogenated alkanes) is 2. The molecule has 2 aromatic heterocycles. The van der Waals surface area contributed by atoms with Crippen LogP contribution < -0.4 is 87.2 Å². The van der Waals surface area contributed by atoms with Crippen LogP contribution in [0.1, 0.15) is 150 Å². The van der Waals surface area contributed by atoms with Crippen molar-refractivity contribution in [3.63, 3.8) is 0 Å². The number of carboxylic acids is 1. The molecule has 4 rings (SSSR count). The maximum absolute atomic E-state index is 14.8. The molecule has 0 spiro atoms. The zero-order valence-corrected chi connectivity index (χ0v) is 62.3. The van der Waals surface area contributed by atoms with Crippen molar-refractivity contribution in [3.05, 3.63) is 90.1 Å². The van der Waals surface area contributed by atoms with Gasteiger partial charge in [0.05, 0.1) is 18.5 Å². The van der Waals surface area contributed by atoms with Crippen molar-refractivity contribution in [3.8, 4) is 0 Å². The first-order valence-corrected chi connectivity index (χ1v) is 36.4. The second-order valence-electron chi connectivity index (χ2n) is 27.1. The third-order valence-electron chi connectivity index (χ3n) is 18.6. The Kier molecular flexibility index (Phi) is 37.8. The molecular weight excluding hydrogens is 1370 g/mol. The van der Waals surface area contributed by atoms with E-state index in [0.29, 0.717) is 62.7 Å². The number of aromatic amines is 2. The van der Waals surface area contributed by atoms with Gasteiger partial charge in [0.2, 0.25) is 65.0 Å². The van der Waals surface area contributed by atoms with Crippen molar-refractivity contribution in [2.75, 3.05) is 19.6 Å². The molecule has 0 radical (unpaired) electrons. The summed E-state index contributed by atoms with van der Waals surface area (Å²) in [5, 5.41) is 50.7. The summed E-state index contributed by atoms with van der Waals surface area (Å²) < 4.78 is 0. The monoisotopic (exact) mass is 1480 g/mol. The number of fused-ring (bicyclic) bond motifs is 1. The molecule has 34 nitrogen and oxygen atoms in total. The highest BCUT2D eigenvalue weighted by molar-refractivity contribution is 6.00. The number of amides is 11. The van der Waals surface area contributed by atoms with Crippen LogP contribution in [0.15, 0.2) is 78.3 Å². The third kappa shape index (κ3) is 28.8. The minimum atomic E-state index is -1.76. The van der Waals surface area contributed by atoms with Crippen molar-refractivity contribution in [1.29, 1.82) is 0 Å². The highest BCUT2D eigenvalue weighted by Crippen LogP contribution is 2.21. The predicted octanol–water partition coefficient (Wildman–Crippen LogP) is -1.47. The summed E-state index contributed by atoms with van der Waals surface area (Å²) >= 11 is 0. The zero-order valence-electron chi connectivity index (χ0n) is 62.3. The topological polar surface area (TPSA) is 565 Å². The van der Waals surface area contributed by atoms with Gasteiger partial charge in [0.15, 0.2) is 5.96 Å². The molecule has 0 bridgehead atoms. The predicted molar refractivity (Wildman–Crippen MR) is 398 cm³/mol. The van der Waals surface area contributed by atoms with Crippen molar-refractivity contribution in [2.24, 2.45) is 51.4 Å². The number of guanidine groups is 1. The molecule has 25 N–H and O–H groups in total. The molecule has 0 saturated heterocycles. The van der Waals surface area contributed by atoms with E-state index in [1.807, 2.05) is 38.1 Å². The lowest BCUT2D eigenvalue weighted by molar-refractivity contribution is -0.142. The third-order valence-corrected chi connectivity index (χ3v) is 18.6. The van der Waals surface area contributed by atoms with Gasteiger partial charge in [0, 0.05) is 48.4 Å². The number of aliphatic hydroxyl groups is 1. The van der Waals surface area contributed by atoms with Gasteiger partial charge in [-0.2, -0.15) is 0 Å². The number of nitrogens with two attached hydrogens (primary N) is 5. The molecule has 4 aromatic rings. The number of nitrogens with one attached hydrogen (secondary N) is 13. The van der Waals surface area contributed by atoms with E-state index in [0.717, 1.165) is 16.5 Å². The van der Waals surface area contributed by atoms with Gasteiger partial charge in [-0.05, 0) is 127 Å². The summed E-state index contributed by atoms with van der Waals surface area (Å²) in [6, 6.07) is 0.0993. The number of carbonyl (C=O) groups excluding carboxylic acids is 11. The second kappa shape index (κ2) is 45.3. The van der Waals surface area contributed by atoms with E-state index in [9.17, 15) is 67.7 Å². The molecule has 0 fully saturated rings. The number of carbonyl (C=O) groups is 12. The lowest BCUT2D eigenvalue weighted by Gasteiger charge is -2.31. The maximum Gasteiger partial charge on any atom is 0.326 e. The van der Waals surface area contributed by atoms with Crippen LogP contribution in [0.25, 0.3) is 10.9 Å². The van der Waals surface area contributed by atoms with Crippen molar-refractivity contribution >= 4 is 87.8 Å². The van der Waals surface area contributed by atoms with Crippen molar-refractivity contribution in [1.82, 2.24) is 73.4 Å². The first kappa shape index (κ1) is 88.3. The molecule has 106 heavy (non-hydrogen) atoms. The molecule has 0 aliphatic carbocycles. The van der Waals surface area contributed by atoms with Crippen LogP contribution in [-0.2, 0) is 76.8 Å². The Labute approximate surface area is 618 Å². The zero-order chi connectivity index (χ0) is 78.7. The molecule has 0 aliphatic heterocycles. The van der Waals surface area contributed by atoms with E-state index in [1.54, 1.807) is 64.2 Å². The van der Waals surface area contributed by atoms with Gasteiger partial charge >= 0.3 is 5.97 Å². The molecule has 0 unspecified atom stereocenters. The number of H-pyrrole nitrogens is 2. The van der Waals surface area contributed by atoms with Gasteiger partial charge in [-0.3, -0.25) is 57.7 Å². The Bertz CT molecular complexity index is 3540. The largest absolute Gasteiger partial charge is 0.480 e. The molecule has 2 aromatic carbocycles. The standard InChI is InChI=1S/C72H114N20O14/c1-10-39(4)56(67(101)83-42(7)60(94)82-43(8)61(95)92-59(44(9)93)70(104)88-55(35-47-37-78-38-81-47)66(100)84-51(27-18-20-30-73)63(97)86-53(71(105)106)28-19-21-31-74)90-64(98)52(29-22-32-79-72(76)77)85-65(99)54(33-45-23-14-13-15-24-45)87-68(102)57(40(5)11-2)91-69(103)58(41(6)12-3)89-62(96)49(75)34-46-36-80-50-26-17-16-25-48(46)50/h13-17,23-26,36-44,49,51-59,80,93H,10-12,18-22,27-35,73-75H2,1-9H3,(H,78,81)(H,82,94)(H,83,101)(H,84,100)(H,85,99)(H,86,97)(H,87,102)(H,88,104)(H,89,96)(H,90,98)(H,91,103)(H,92,95)(H,105,106)(H4,76,77,79)/t39-,40-,41-,42-,43-,44+,49-,51-,52-,53-,54-,55-,56-,57-,58-,59-/m0/s1. The molecule has 34 heteroatoms. The quantitative estimate of drug-likeness (QED) is 0.0136. The molecular formula is C72H114N20O14. The molecule has 11 amide bonds. The van der Waals surface area contributed by atoms with E-state index in [4.69, 9.17) is 28.7 Å². The van der Waals surface area contributed by atoms with Gasteiger partial charge < -0.3 is 107 Å². The number of benzene rings is 2. The van der Waals surface area contributed by atoms with Gasteiger partial charge in [0.25, 0.3) is 0 Å². The molecule has 2 heterocycles. The number of rotatable bonds is 48. The summed E-state index contributed by atoms with van der Waals surface area (Å²) in [5.41, 5.74) is 31.7. The first-order valence-electron chi connectivity index (χ1n) is 36.4. The summed E-state index contributed by atoms with van der Waals surface area (Å²) in [4.78, 5) is 182. The average Bonchev–Trinajstić information content (AvgIpc) is 1.69. The summed E-state index contributed by atoms with van der Waals surface area (Å²) in [5.74, 6) is -12.2. The van der Waals surface area contributed by atoms with Crippen molar-refractivity contribution in [2.45, 2.75) is 231 Å². The molecule has 0 saturated carbocycles. The van der Waals surface area contributed by atoms with Gasteiger partial charge in [-0.1, -0.05) is 109 Å². The van der Waals surface area contributed by atoms with E-state index in [-0.39, 0.29) is 64.0 Å². The SMILES string of the molecule is CC[C@H](C)[C@H](NC(=O)[C@H](CCCN=C(N)N)NC(=O)[C@H](Cc1ccccc1)NC(=O)[C@@H](NC(=O)[C@@H](NC(=O)[C@@H](N)Cc1c[nH]c2ccccc12)[C@@H](C)CC)[C@@H](C)CC)C(=O)N[C@@H](C)C(=O)N[C@@H](C)C(=O)N[C@H](C(=O)N[C@@H](Cc1cnc[nH]1)C(=O)N[C@@H](CCCCN)C(=O)N[C@@H](CCCCN)C(=O)O)[C@@H](C)O. The number of para-hydroxylation sites is 1. The van der Waals surface area contributed by atoms with Crippen LogP contribution in [-0.4, -0.2) is 200 Å². The van der Waals surface area contributed by atoms with Crippen LogP contribution in [0.5, 0.6) is 0 Å². The van der Waals surface area contributed by atoms with Gasteiger partial charge in [-0.25, -0.2) is 9.78 Å². The normalized spacial score (nSPS) is 15.8. The Hall–Kier alpha value is -10.1. The summed E-state index contributed by atoms with van der Waals surface area (Å²) in [7, 11) is 0. The highest BCUT2D eigenvalue weighted by Gasteiger charge is 2.39. The highest BCUT2D eigenvalue weighted by atomic mass is 16.4. The number of hydrogen-bond donors (Lipinski definition) is 20. The number of carboxylic acid groups (broad SMARTS) is 1. The number of hydrogen-bond acceptors (Lipinski definition) is 18. The van der Waals surface area contributed by atoms with Crippen LogP contribution in [0.4, 0.5) is 0 Å². The maximum atomic E-state index is 14.8. The number of nitrogens with zero attached hydrogens (tertiary/aromatic N) is 2. The second-order valence-corrected chi connectivity index (χ2v) is 27.1. The smallest absolute Gasteiger partial charge is 0.326 e. The Balaban J connectivity index is 1.51. The van der Waals surface area contributed by atoms with E-state index in [1.165, 1.54) is 33.3 Å². The molecule has 16 atom stereocenters. The van der Waals surface area contributed by atoms with Crippen LogP contribution >= 0.6 is 0 Å².